The largest absolute Gasteiger partial charge is 0.481 e. The molecule has 4 atom stereocenters. The molecule has 0 aromatic carbocycles. The van der Waals surface area contributed by atoms with Gasteiger partial charge in [-0.05, 0) is 11.3 Å². The third-order valence-corrected chi connectivity index (χ3v) is 7.96. The van der Waals surface area contributed by atoms with E-state index in [4.69, 9.17) is 5.11 Å². The van der Waals surface area contributed by atoms with Crippen LogP contribution in [0.3, 0.4) is 0 Å². The fourth-order valence-electron chi connectivity index (χ4n) is 1.90. The Bertz CT molecular complexity index is 230. The Morgan fingerprint density at radius 3 is 2.23 bits per heavy atom. The number of halogens is 3. The predicted octanol–water partition coefficient (Wildman–Crippen LogP) is 3.30. The molecule has 2 nitrogen and oxygen atoms in total. The second-order valence-corrected chi connectivity index (χ2v) is 9.42. The van der Waals surface area contributed by atoms with Crippen molar-refractivity contribution in [2.24, 2.45) is 17.3 Å². The highest BCUT2D eigenvalue weighted by atomic mass is 127. The van der Waals surface area contributed by atoms with Crippen LogP contribution in [0, 0.1) is 17.3 Å². The highest BCUT2D eigenvalue weighted by Crippen LogP contribution is 2.63. The van der Waals surface area contributed by atoms with Gasteiger partial charge < -0.3 is 5.11 Å². The van der Waals surface area contributed by atoms with Gasteiger partial charge in [0, 0.05) is 3.92 Å². The molecule has 13 heavy (non-hydrogen) atoms. The zero-order valence-corrected chi connectivity index (χ0v) is 13.2. The zero-order chi connectivity index (χ0) is 10.4. The first kappa shape index (κ1) is 12.5. The zero-order valence-electron chi connectivity index (χ0n) is 7.30. The summed E-state index contributed by atoms with van der Waals surface area (Å²) in [5, 5.41) is 8.97. The number of hydrogen-bond donors (Lipinski definition) is 1. The van der Waals surface area contributed by atoms with Gasteiger partial charge >= 0.3 is 5.97 Å². The number of carboxylic acids is 1. The highest BCUT2D eigenvalue weighted by Gasteiger charge is 2.65. The van der Waals surface area contributed by atoms with E-state index in [-0.39, 0.29) is 11.3 Å². The third-order valence-electron chi connectivity index (χ3n) is 2.76. The van der Waals surface area contributed by atoms with Gasteiger partial charge in [-0.3, -0.25) is 4.79 Å². The van der Waals surface area contributed by atoms with E-state index in [1.54, 1.807) is 0 Å². The van der Waals surface area contributed by atoms with Crippen molar-refractivity contribution in [2.45, 2.75) is 20.6 Å². The molecule has 76 valence electrons. The summed E-state index contributed by atoms with van der Waals surface area (Å²) in [4.78, 5) is 10.9. The number of aliphatic carboxylic acids is 1. The van der Waals surface area contributed by atoms with Crippen molar-refractivity contribution in [3.63, 3.8) is 0 Å². The summed E-state index contributed by atoms with van der Waals surface area (Å²) in [5.41, 5.74) is -0.0329. The lowest BCUT2D eigenvalue weighted by Crippen LogP contribution is -2.13. The van der Waals surface area contributed by atoms with Crippen molar-refractivity contribution in [3.8, 4) is 0 Å². The smallest absolute Gasteiger partial charge is 0.307 e. The number of hydrogen-bond acceptors (Lipinski definition) is 1. The Morgan fingerprint density at radius 2 is 2.00 bits per heavy atom. The summed E-state index contributed by atoms with van der Waals surface area (Å²) in [7, 11) is 0. The number of carbonyl (C=O) groups is 1. The molecule has 1 aliphatic carbocycles. The van der Waals surface area contributed by atoms with Gasteiger partial charge in [0.25, 0.3) is 0 Å². The van der Waals surface area contributed by atoms with E-state index in [1.807, 2.05) is 13.8 Å². The molecule has 1 saturated carbocycles. The van der Waals surface area contributed by atoms with E-state index in [2.05, 4.69) is 61.1 Å². The third kappa shape index (κ3) is 2.32. The monoisotopic (exact) mass is 472 g/mol. The van der Waals surface area contributed by atoms with Crippen molar-refractivity contribution in [2.75, 3.05) is 0 Å². The summed E-state index contributed by atoms with van der Waals surface area (Å²) in [6.45, 7) is 4.07. The van der Waals surface area contributed by atoms with Gasteiger partial charge in [-0.25, -0.2) is 0 Å². The normalized spacial score (nSPS) is 35.2. The van der Waals surface area contributed by atoms with Crippen LogP contribution >= 0.6 is 61.1 Å². The molecule has 0 aromatic rings. The molecule has 5 heteroatoms. The molecule has 0 aliphatic heterocycles. The van der Waals surface area contributed by atoms with Gasteiger partial charge in [-0.15, -0.1) is 0 Å². The molecular formula is C8H11BrI2O2. The Balaban J connectivity index is 2.70. The molecule has 4 unspecified atom stereocenters. The minimum absolute atomic E-state index is 0.0329. The maximum atomic E-state index is 10.9. The number of alkyl halides is 3. The van der Waals surface area contributed by atoms with Crippen LogP contribution in [-0.4, -0.2) is 17.8 Å². The quantitative estimate of drug-likeness (QED) is 0.505. The fourth-order valence-corrected chi connectivity index (χ4v) is 4.02. The van der Waals surface area contributed by atoms with Gasteiger partial charge in [0.05, 0.1) is 8.75 Å². The van der Waals surface area contributed by atoms with Crippen LogP contribution in [0.5, 0.6) is 0 Å². The average Bonchev–Trinajstić information content (AvgIpc) is 2.51. The Morgan fingerprint density at radius 1 is 1.54 bits per heavy atom. The molecule has 1 rings (SSSR count). The SMILES string of the molecule is CC1(C)C(C(=O)O)C1C(I)C(Br)I. The van der Waals surface area contributed by atoms with Gasteiger partial charge in [0.1, 0.15) is 0 Å². The average molecular weight is 473 g/mol. The van der Waals surface area contributed by atoms with E-state index in [0.717, 1.165) is 0 Å². The first-order valence-electron chi connectivity index (χ1n) is 3.95. The number of rotatable bonds is 3. The lowest BCUT2D eigenvalue weighted by molar-refractivity contribution is -0.139. The Kier molecular flexibility index (Phi) is 3.95. The van der Waals surface area contributed by atoms with Crippen LogP contribution in [-0.2, 0) is 4.79 Å². The van der Waals surface area contributed by atoms with Crippen molar-refractivity contribution in [1.82, 2.24) is 0 Å². The molecule has 0 heterocycles. The summed E-state index contributed by atoms with van der Waals surface area (Å²) in [6, 6.07) is 0. The van der Waals surface area contributed by atoms with Crippen LogP contribution in [0.25, 0.3) is 0 Å². The molecule has 1 fully saturated rings. The molecule has 0 bridgehead atoms. The summed E-state index contributed by atoms with van der Waals surface area (Å²) < 4.78 is 0.730. The molecule has 0 amide bonds. The minimum atomic E-state index is -0.652. The second-order valence-electron chi connectivity index (χ2n) is 3.94. The summed E-state index contributed by atoms with van der Waals surface area (Å²) in [6.07, 6.45) is 0. The Hall–Kier alpha value is 1.41. The van der Waals surface area contributed by atoms with E-state index in [1.165, 1.54) is 0 Å². The second kappa shape index (κ2) is 4.11. The van der Waals surface area contributed by atoms with Crippen molar-refractivity contribution in [3.05, 3.63) is 0 Å². The maximum absolute atomic E-state index is 10.9. The molecular weight excluding hydrogens is 462 g/mol. The predicted molar refractivity (Wildman–Crippen MR) is 72.9 cm³/mol. The molecule has 0 aromatic heterocycles. The maximum Gasteiger partial charge on any atom is 0.307 e. The minimum Gasteiger partial charge on any atom is -0.481 e. The van der Waals surface area contributed by atoms with E-state index in [9.17, 15) is 4.79 Å². The lowest BCUT2D eigenvalue weighted by atomic mass is 10.1. The first-order chi connectivity index (χ1) is 5.80. The molecule has 1 N–H and O–H groups in total. The van der Waals surface area contributed by atoms with E-state index in [0.29, 0.717) is 12.7 Å². The number of carboxylic acid groups (broad SMARTS) is 1. The summed E-state index contributed by atoms with van der Waals surface area (Å²) in [5.74, 6) is -0.516. The lowest BCUT2D eigenvalue weighted by Gasteiger charge is -2.11. The van der Waals surface area contributed by atoms with Gasteiger partial charge in [0.2, 0.25) is 0 Å². The van der Waals surface area contributed by atoms with Gasteiger partial charge in [0.15, 0.2) is 0 Å². The molecule has 0 radical (unpaired) electrons. The Labute approximate surface area is 114 Å². The first-order valence-corrected chi connectivity index (χ1v) is 7.36. The van der Waals surface area contributed by atoms with Crippen LogP contribution in [0.4, 0.5) is 0 Å². The van der Waals surface area contributed by atoms with Crippen molar-refractivity contribution < 1.29 is 9.90 Å². The van der Waals surface area contributed by atoms with Crippen molar-refractivity contribution in [1.29, 1.82) is 0 Å². The topological polar surface area (TPSA) is 37.3 Å². The summed E-state index contributed by atoms with van der Waals surface area (Å²) >= 11 is 8.12. The van der Waals surface area contributed by atoms with Crippen LogP contribution in [0.1, 0.15) is 13.8 Å². The van der Waals surface area contributed by atoms with Gasteiger partial charge in [-0.1, -0.05) is 75.0 Å². The molecule has 0 spiro atoms. The standard InChI is InChI=1S/C8H11BrI2O2/c1-8(2)3(4(8)7(12)13)5(10)6(9)11/h3-6H,1-2H3,(H,12,13). The van der Waals surface area contributed by atoms with Crippen LogP contribution < -0.4 is 0 Å². The molecule has 0 saturated heterocycles. The molecule has 1 aliphatic rings. The van der Waals surface area contributed by atoms with Gasteiger partial charge in [-0.2, -0.15) is 0 Å². The highest BCUT2D eigenvalue weighted by molar-refractivity contribution is 14.1. The van der Waals surface area contributed by atoms with Crippen LogP contribution in [0.15, 0.2) is 0 Å². The fraction of sp³-hybridized carbons (Fsp3) is 0.875. The van der Waals surface area contributed by atoms with E-state index < -0.39 is 5.97 Å². The van der Waals surface area contributed by atoms with E-state index >= 15 is 0 Å². The van der Waals surface area contributed by atoms with Crippen molar-refractivity contribution >= 4 is 67.1 Å². The van der Waals surface area contributed by atoms with Crippen LogP contribution in [0.2, 0.25) is 0 Å².